The smallest absolute Gasteiger partial charge is 0.341 e. The normalized spacial score (nSPS) is 16.4. The van der Waals surface area contributed by atoms with Gasteiger partial charge in [0.1, 0.15) is 5.00 Å². The maximum atomic E-state index is 12.6. The van der Waals surface area contributed by atoms with Crippen molar-refractivity contribution in [2.75, 3.05) is 12.4 Å². The molecule has 0 saturated heterocycles. The van der Waals surface area contributed by atoms with E-state index in [0.29, 0.717) is 16.5 Å². The summed E-state index contributed by atoms with van der Waals surface area (Å²) in [5, 5.41) is 3.51. The second-order valence-corrected chi connectivity index (χ2v) is 10.0. The van der Waals surface area contributed by atoms with Gasteiger partial charge in [-0.2, -0.15) is 0 Å². The van der Waals surface area contributed by atoms with Gasteiger partial charge in [0.2, 0.25) is 5.91 Å². The molecule has 0 saturated carbocycles. The summed E-state index contributed by atoms with van der Waals surface area (Å²) in [7, 11) is 1.39. The summed E-state index contributed by atoms with van der Waals surface area (Å²) >= 11 is 1.51. The number of hydrogen-bond donors (Lipinski definition) is 1. The molecule has 0 radical (unpaired) electrons. The highest BCUT2D eigenvalue weighted by Gasteiger charge is 2.29. The van der Waals surface area contributed by atoms with Crippen LogP contribution in [0.5, 0.6) is 0 Å². The van der Waals surface area contributed by atoms with Crippen molar-refractivity contribution >= 4 is 34.3 Å². The van der Waals surface area contributed by atoms with Crippen molar-refractivity contribution in [2.24, 2.45) is 5.92 Å². The number of carbonyl (C=O) groups excluding carboxylic acids is 2. The molecule has 1 amide bonds. The van der Waals surface area contributed by atoms with Crippen molar-refractivity contribution in [3.05, 3.63) is 57.5 Å². The van der Waals surface area contributed by atoms with Crippen LogP contribution in [0.2, 0.25) is 0 Å². The van der Waals surface area contributed by atoms with Crippen LogP contribution < -0.4 is 5.32 Å². The Balaban J connectivity index is 1.77. The number of thiophene rings is 1. The van der Waals surface area contributed by atoms with E-state index < -0.39 is 0 Å². The van der Waals surface area contributed by atoms with Crippen molar-refractivity contribution in [1.82, 2.24) is 0 Å². The SMILES string of the molecule is CC[C@@H]1CCc2c(sc(NC(=O)/C=C/c3ccc(C(C)(C)C)cc3)c2C(=O)OC)C1. The Hall–Kier alpha value is -2.40. The highest BCUT2D eigenvalue weighted by atomic mass is 32.1. The number of anilines is 1. The molecule has 1 heterocycles. The molecule has 0 aliphatic heterocycles. The first-order valence-corrected chi connectivity index (χ1v) is 11.4. The van der Waals surface area contributed by atoms with Crippen LogP contribution in [-0.4, -0.2) is 19.0 Å². The van der Waals surface area contributed by atoms with Crippen LogP contribution in [0.15, 0.2) is 30.3 Å². The number of fused-ring (bicyclic) bond motifs is 1. The molecule has 4 nitrogen and oxygen atoms in total. The summed E-state index contributed by atoms with van der Waals surface area (Å²) in [4.78, 5) is 26.2. The molecule has 1 aromatic carbocycles. The summed E-state index contributed by atoms with van der Waals surface area (Å²) in [5.74, 6) is 0.0198. The minimum atomic E-state index is -0.375. The highest BCUT2D eigenvalue weighted by Crippen LogP contribution is 2.40. The van der Waals surface area contributed by atoms with Gasteiger partial charge in [-0.05, 0) is 53.4 Å². The minimum absolute atomic E-state index is 0.0962. The van der Waals surface area contributed by atoms with E-state index in [2.05, 4.69) is 45.1 Å². The zero-order valence-corrected chi connectivity index (χ0v) is 19.3. The second-order valence-electron chi connectivity index (χ2n) is 8.91. The summed E-state index contributed by atoms with van der Waals surface area (Å²) < 4.78 is 5.00. The Morgan fingerprint density at radius 3 is 2.53 bits per heavy atom. The Morgan fingerprint density at radius 1 is 1.23 bits per heavy atom. The quantitative estimate of drug-likeness (QED) is 0.472. The summed E-state index contributed by atoms with van der Waals surface area (Å²) in [6.45, 7) is 8.72. The van der Waals surface area contributed by atoms with Gasteiger partial charge in [0, 0.05) is 11.0 Å². The molecule has 3 rings (SSSR count). The van der Waals surface area contributed by atoms with Gasteiger partial charge in [-0.3, -0.25) is 4.79 Å². The molecule has 0 fully saturated rings. The predicted molar refractivity (Wildman–Crippen MR) is 124 cm³/mol. The van der Waals surface area contributed by atoms with E-state index in [0.717, 1.165) is 36.8 Å². The lowest BCUT2D eigenvalue weighted by Crippen LogP contribution is -2.15. The molecule has 1 aliphatic rings. The molecular formula is C25H31NO3S. The average molecular weight is 426 g/mol. The number of carbonyl (C=O) groups is 2. The number of esters is 1. The topological polar surface area (TPSA) is 55.4 Å². The van der Waals surface area contributed by atoms with Gasteiger partial charge in [0.05, 0.1) is 12.7 Å². The van der Waals surface area contributed by atoms with Crippen LogP contribution in [0.1, 0.15) is 72.5 Å². The van der Waals surface area contributed by atoms with Crippen LogP contribution in [-0.2, 0) is 27.8 Å². The zero-order chi connectivity index (χ0) is 21.9. The van der Waals surface area contributed by atoms with Gasteiger partial charge < -0.3 is 10.1 Å². The van der Waals surface area contributed by atoms with Gasteiger partial charge in [0.25, 0.3) is 0 Å². The largest absolute Gasteiger partial charge is 0.465 e. The van der Waals surface area contributed by atoms with Crippen molar-refractivity contribution in [2.45, 2.75) is 58.8 Å². The molecule has 30 heavy (non-hydrogen) atoms. The predicted octanol–water partition coefficient (Wildman–Crippen LogP) is 6.00. The Morgan fingerprint density at radius 2 is 1.93 bits per heavy atom. The number of ether oxygens (including phenoxy) is 1. The number of methoxy groups -OCH3 is 1. The first kappa shape index (κ1) is 22.3. The van der Waals surface area contributed by atoms with E-state index in [1.807, 2.05) is 12.1 Å². The highest BCUT2D eigenvalue weighted by molar-refractivity contribution is 7.17. The zero-order valence-electron chi connectivity index (χ0n) is 18.5. The summed E-state index contributed by atoms with van der Waals surface area (Å²) in [6, 6.07) is 8.20. The molecule has 1 aliphatic carbocycles. The third-order valence-corrected chi connectivity index (χ3v) is 6.94. The molecule has 0 bridgehead atoms. The van der Waals surface area contributed by atoms with Crippen LogP contribution in [0.25, 0.3) is 6.08 Å². The third-order valence-electron chi connectivity index (χ3n) is 5.77. The maximum Gasteiger partial charge on any atom is 0.341 e. The molecule has 5 heteroatoms. The van der Waals surface area contributed by atoms with Crippen LogP contribution >= 0.6 is 11.3 Å². The fourth-order valence-corrected chi connectivity index (χ4v) is 5.18. The number of rotatable bonds is 5. The van der Waals surface area contributed by atoms with E-state index in [1.54, 1.807) is 6.08 Å². The molecule has 1 aromatic heterocycles. The number of hydrogen-bond acceptors (Lipinski definition) is 4. The summed E-state index contributed by atoms with van der Waals surface area (Å²) in [6.07, 6.45) is 7.33. The molecule has 0 spiro atoms. The minimum Gasteiger partial charge on any atom is -0.465 e. The summed E-state index contributed by atoms with van der Waals surface area (Å²) in [5.41, 5.74) is 3.89. The maximum absolute atomic E-state index is 12.6. The van der Waals surface area contributed by atoms with Crippen LogP contribution in [0.3, 0.4) is 0 Å². The van der Waals surface area contributed by atoms with Gasteiger partial charge >= 0.3 is 5.97 Å². The van der Waals surface area contributed by atoms with Crippen LogP contribution in [0, 0.1) is 5.92 Å². The van der Waals surface area contributed by atoms with Gasteiger partial charge in [-0.25, -0.2) is 4.79 Å². The number of benzene rings is 1. The van der Waals surface area contributed by atoms with E-state index >= 15 is 0 Å². The first-order valence-electron chi connectivity index (χ1n) is 10.5. The molecule has 0 unspecified atom stereocenters. The standard InChI is InChI=1S/C25H31NO3S/c1-6-16-9-13-19-20(15-16)30-23(22(19)24(28)29-5)26-21(27)14-10-17-7-11-18(12-8-17)25(2,3)4/h7-8,10-12,14,16H,6,9,13,15H2,1-5H3,(H,26,27)/b14-10+/t16-/m1/s1. The van der Waals surface area contributed by atoms with E-state index in [-0.39, 0.29) is 17.3 Å². The average Bonchev–Trinajstić information content (AvgIpc) is 3.08. The van der Waals surface area contributed by atoms with Crippen molar-refractivity contribution in [3.63, 3.8) is 0 Å². The lowest BCUT2D eigenvalue weighted by Gasteiger charge is -2.20. The Labute approximate surface area is 183 Å². The fraction of sp³-hybridized carbons (Fsp3) is 0.440. The Bertz CT molecular complexity index is 948. The van der Waals surface area contributed by atoms with E-state index in [9.17, 15) is 9.59 Å². The fourth-order valence-electron chi connectivity index (χ4n) is 3.83. The van der Waals surface area contributed by atoms with E-state index in [4.69, 9.17) is 4.74 Å². The lowest BCUT2D eigenvalue weighted by molar-refractivity contribution is -0.111. The second kappa shape index (κ2) is 9.17. The molecule has 160 valence electrons. The number of nitrogens with one attached hydrogen (secondary N) is 1. The third kappa shape index (κ3) is 5.01. The number of amides is 1. The van der Waals surface area contributed by atoms with Crippen molar-refractivity contribution < 1.29 is 14.3 Å². The monoisotopic (exact) mass is 425 g/mol. The van der Waals surface area contributed by atoms with E-state index in [1.165, 1.54) is 35.0 Å². The molecule has 1 N–H and O–H groups in total. The van der Waals surface area contributed by atoms with Crippen LogP contribution in [0.4, 0.5) is 5.00 Å². The molecule has 1 atom stereocenters. The van der Waals surface area contributed by atoms with Gasteiger partial charge in [-0.1, -0.05) is 58.4 Å². The van der Waals surface area contributed by atoms with Gasteiger partial charge in [0.15, 0.2) is 0 Å². The Kier molecular flexibility index (Phi) is 6.81. The molecular weight excluding hydrogens is 394 g/mol. The van der Waals surface area contributed by atoms with Crippen molar-refractivity contribution in [1.29, 1.82) is 0 Å². The van der Waals surface area contributed by atoms with Crippen molar-refractivity contribution in [3.8, 4) is 0 Å². The lowest BCUT2D eigenvalue weighted by atomic mass is 9.86. The first-order chi connectivity index (χ1) is 14.2. The van der Waals surface area contributed by atoms with Gasteiger partial charge in [-0.15, -0.1) is 11.3 Å². The molecule has 2 aromatic rings.